The maximum absolute atomic E-state index is 12.6. The zero-order valence-corrected chi connectivity index (χ0v) is 18.8. The first-order chi connectivity index (χ1) is 14.8. The summed E-state index contributed by atoms with van der Waals surface area (Å²) in [6.07, 6.45) is 2.19. The van der Waals surface area contributed by atoms with Crippen LogP contribution in [0.25, 0.3) is 0 Å². The summed E-state index contributed by atoms with van der Waals surface area (Å²) in [5.74, 6) is -0.420. The highest BCUT2D eigenvalue weighted by Gasteiger charge is 2.26. The van der Waals surface area contributed by atoms with Gasteiger partial charge in [0.25, 0.3) is 0 Å². The molecule has 3 rings (SSSR count). The van der Waals surface area contributed by atoms with E-state index in [0.29, 0.717) is 30.8 Å². The normalized spacial score (nSPS) is 15.4. The molecule has 1 unspecified atom stereocenters. The van der Waals surface area contributed by atoms with Gasteiger partial charge in [-0.2, -0.15) is 0 Å². The number of ether oxygens (including phenoxy) is 1. The Kier molecular flexibility index (Phi) is 7.69. The summed E-state index contributed by atoms with van der Waals surface area (Å²) in [6, 6.07) is 11.6. The number of benzene rings is 2. The fraction of sp³-hybridized carbons (Fsp3) is 0.364. The number of hydrogen-bond donors (Lipinski definition) is 2. The number of hydrogen-bond acceptors (Lipinski definition) is 5. The van der Waals surface area contributed by atoms with Gasteiger partial charge in [0.2, 0.25) is 15.9 Å². The standard InChI is InChI=1S/C22H25ClN2O5S/c1-30-22(27)3-2-10-24-21(26)12-15-4-5-16-13-19(14-17(16)11-15)25-31(28,29)20-8-6-18(23)7-9-20/h4-9,11,19,25H,2-3,10,12-14H2,1H3,(H,24,26). The van der Waals surface area contributed by atoms with Crippen molar-refractivity contribution < 1.29 is 22.7 Å². The minimum atomic E-state index is -3.63. The van der Waals surface area contributed by atoms with Crippen molar-refractivity contribution in [3.8, 4) is 0 Å². The van der Waals surface area contributed by atoms with E-state index < -0.39 is 10.0 Å². The second-order valence-corrected chi connectivity index (χ2v) is 9.64. The average Bonchev–Trinajstić information content (AvgIpc) is 3.12. The SMILES string of the molecule is COC(=O)CCCNC(=O)Cc1ccc2c(c1)CC(NS(=O)(=O)c1ccc(Cl)cc1)C2. The minimum Gasteiger partial charge on any atom is -0.469 e. The molecule has 0 radical (unpaired) electrons. The molecule has 2 aromatic rings. The lowest BCUT2D eigenvalue weighted by molar-refractivity contribution is -0.140. The number of fused-ring (bicyclic) bond motifs is 1. The Labute approximate surface area is 187 Å². The number of amides is 1. The Hall–Kier alpha value is -2.42. The van der Waals surface area contributed by atoms with Gasteiger partial charge in [0.05, 0.1) is 18.4 Å². The van der Waals surface area contributed by atoms with E-state index in [2.05, 4.69) is 14.8 Å². The zero-order valence-electron chi connectivity index (χ0n) is 17.2. The van der Waals surface area contributed by atoms with Gasteiger partial charge in [-0.25, -0.2) is 13.1 Å². The molecule has 1 amide bonds. The van der Waals surface area contributed by atoms with Crippen LogP contribution in [0.5, 0.6) is 0 Å². The number of halogens is 1. The van der Waals surface area contributed by atoms with Gasteiger partial charge in [0.15, 0.2) is 0 Å². The molecule has 7 nitrogen and oxygen atoms in total. The number of nitrogens with one attached hydrogen (secondary N) is 2. The second kappa shape index (κ2) is 10.3. The molecule has 2 N–H and O–H groups in total. The van der Waals surface area contributed by atoms with E-state index in [4.69, 9.17) is 11.6 Å². The number of carbonyl (C=O) groups excluding carboxylic acids is 2. The Bertz CT molecular complexity index is 1050. The number of esters is 1. The summed E-state index contributed by atoms with van der Waals surface area (Å²) in [5, 5.41) is 3.27. The smallest absolute Gasteiger partial charge is 0.305 e. The van der Waals surface area contributed by atoms with Crippen LogP contribution in [0.3, 0.4) is 0 Å². The first-order valence-electron chi connectivity index (χ1n) is 9.99. The van der Waals surface area contributed by atoms with Crippen molar-refractivity contribution in [2.75, 3.05) is 13.7 Å². The van der Waals surface area contributed by atoms with Crippen LogP contribution >= 0.6 is 11.6 Å². The predicted molar refractivity (Wildman–Crippen MR) is 117 cm³/mol. The molecule has 0 saturated carbocycles. The van der Waals surface area contributed by atoms with E-state index in [1.165, 1.54) is 19.2 Å². The molecule has 31 heavy (non-hydrogen) atoms. The van der Waals surface area contributed by atoms with Gasteiger partial charge in [-0.1, -0.05) is 29.8 Å². The summed E-state index contributed by atoms with van der Waals surface area (Å²) in [4.78, 5) is 23.4. The summed E-state index contributed by atoms with van der Waals surface area (Å²) < 4.78 is 32.5. The third-order valence-electron chi connectivity index (χ3n) is 5.12. The van der Waals surface area contributed by atoms with E-state index in [9.17, 15) is 18.0 Å². The van der Waals surface area contributed by atoms with E-state index in [0.717, 1.165) is 16.7 Å². The predicted octanol–water partition coefficient (Wildman–Crippen LogP) is 2.40. The quantitative estimate of drug-likeness (QED) is 0.438. The number of sulfonamides is 1. The molecule has 0 aromatic heterocycles. The molecule has 9 heteroatoms. The molecular formula is C22H25ClN2O5S. The second-order valence-electron chi connectivity index (χ2n) is 7.49. The zero-order chi connectivity index (χ0) is 22.4. The van der Waals surface area contributed by atoms with Crippen molar-refractivity contribution >= 4 is 33.5 Å². The van der Waals surface area contributed by atoms with Gasteiger partial charge in [-0.3, -0.25) is 9.59 Å². The highest BCUT2D eigenvalue weighted by atomic mass is 35.5. The Morgan fingerprint density at radius 2 is 1.81 bits per heavy atom. The van der Waals surface area contributed by atoms with Gasteiger partial charge in [0, 0.05) is 24.0 Å². The van der Waals surface area contributed by atoms with Crippen LogP contribution in [-0.4, -0.2) is 40.0 Å². The average molecular weight is 465 g/mol. The number of methoxy groups -OCH3 is 1. The van der Waals surface area contributed by atoms with Gasteiger partial charge in [-0.15, -0.1) is 0 Å². The van der Waals surface area contributed by atoms with E-state index in [1.54, 1.807) is 12.1 Å². The van der Waals surface area contributed by atoms with Gasteiger partial charge in [0.1, 0.15) is 0 Å². The molecule has 0 bridgehead atoms. The van der Waals surface area contributed by atoms with Gasteiger partial charge < -0.3 is 10.1 Å². The van der Waals surface area contributed by atoms with Crippen molar-refractivity contribution in [1.29, 1.82) is 0 Å². The number of carbonyl (C=O) groups is 2. The van der Waals surface area contributed by atoms with Crippen LogP contribution in [0, 0.1) is 0 Å². The van der Waals surface area contributed by atoms with Crippen LogP contribution in [0.4, 0.5) is 0 Å². The molecule has 2 aromatic carbocycles. The van der Waals surface area contributed by atoms with Crippen molar-refractivity contribution in [3.63, 3.8) is 0 Å². The van der Waals surface area contributed by atoms with Crippen molar-refractivity contribution in [2.24, 2.45) is 0 Å². The Morgan fingerprint density at radius 1 is 1.10 bits per heavy atom. The maximum Gasteiger partial charge on any atom is 0.305 e. The maximum atomic E-state index is 12.6. The molecule has 0 saturated heterocycles. The third-order valence-corrected chi connectivity index (χ3v) is 6.91. The summed E-state index contributed by atoms with van der Waals surface area (Å²) in [6.45, 7) is 0.410. The topological polar surface area (TPSA) is 102 Å². The van der Waals surface area contributed by atoms with Crippen LogP contribution in [-0.2, 0) is 43.6 Å². The summed E-state index contributed by atoms with van der Waals surface area (Å²) in [7, 11) is -2.30. The lowest BCUT2D eigenvalue weighted by atomic mass is 10.0. The van der Waals surface area contributed by atoms with Crippen LogP contribution in [0.2, 0.25) is 5.02 Å². The van der Waals surface area contributed by atoms with E-state index >= 15 is 0 Å². The Balaban J connectivity index is 1.53. The monoisotopic (exact) mass is 464 g/mol. The highest BCUT2D eigenvalue weighted by Crippen LogP contribution is 2.25. The molecule has 0 spiro atoms. The van der Waals surface area contributed by atoms with Crippen molar-refractivity contribution in [3.05, 3.63) is 64.2 Å². The number of rotatable bonds is 9. The van der Waals surface area contributed by atoms with E-state index in [1.807, 2.05) is 18.2 Å². The van der Waals surface area contributed by atoms with Crippen molar-refractivity contribution in [1.82, 2.24) is 10.0 Å². The lowest BCUT2D eigenvalue weighted by Gasteiger charge is -2.12. The minimum absolute atomic E-state index is 0.122. The molecule has 0 heterocycles. The van der Waals surface area contributed by atoms with Crippen LogP contribution in [0.1, 0.15) is 29.5 Å². The molecule has 1 aliphatic carbocycles. The lowest BCUT2D eigenvalue weighted by Crippen LogP contribution is -2.35. The largest absolute Gasteiger partial charge is 0.469 e. The third kappa shape index (κ3) is 6.53. The molecule has 1 atom stereocenters. The van der Waals surface area contributed by atoms with Gasteiger partial charge in [-0.05, 0) is 60.2 Å². The van der Waals surface area contributed by atoms with E-state index in [-0.39, 0.29) is 35.7 Å². The first-order valence-corrected chi connectivity index (χ1v) is 11.8. The molecule has 0 fully saturated rings. The summed E-state index contributed by atoms with van der Waals surface area (Å²) in [5.41, 5.74) is 2.98. The fourth-order valence-corrected chi connectivity index (χ4v) is 4.94. The van der Waals surface area contributed by atoms with Gasteiger partial charge >= 0.3 is 5.97 Å². The van der Waals surface area contributed by atoms with Crippen LogP contribution < -0.4 is 10.0 Å². The fourth-order valence-electron chi connectivity index (χ4n) is 3.58. The van der Waals surface area contributed by atoms with Crippen LogP contribution in [0.15, 0.2) is 47.4 Å². The van der Waals surface area contributed by atoms with Crippen molar-refractivity contribution in [2.45, 2.75) is 43.0 Å². The highest BCUT2D eigenvalue weighted by molar-refractivity contribution is 7.89. The first kappa shape index (κ1) is 23.2. The molecule has 166 valence electrons. The molecule has 1 aliphatic rings. The Morgan fingerprint density at radius 3 is 2.52 bits per heavy atom. The molecular weight excluding hydrogens is 440 g/mol. The molecule has 0 aliphatic heterocycles. The summed E-state index contributed by atoms with van der Waals surface area (Å²) >= 11 is 5.84.